The molecule has 29 heavy (non-hydrogen) atoms. The van der Waals surface area contributed by atoms with Gasteiger partial charge >= 0.3 is 0 Å². The van der Waals surface area contributed by atoms with E-state index in [9.17, 15) is 9.59 Å². The van der Waals surface area contributed by atoms with Gasteiger partial charge in [0.25, 0.3) is 5.91 Å². The zero-order valence-corrected chi connectivity index (χ0v) is 17.3. The van der Waals surface area contributed by atoms with Crippen LogP contribution >= 0.6 is 22.9 Å². The first-order valence-corrected chi connectivity index (χ1v) is 10.1. The van der Waals surface area contributed by atoms with Gasteiger partial charge < -0.3 is 14.6 Å². The Morgan fingerprint density at radius 1 is 1.38 bits per heavy atom. The Bertz CT molecular complexity index is 1090. The SMILES string of the molecule is CCc1nc(-c2cc(NC(=O)CN3C(=O)COc4ccc(Cl)cc43)c(C)s2)no1. The van der Waals surface area contributed by atoms with Gasteiger partial charge in [-0.05, 0) is 31.2 Å². The second-order valence-electron chi connectivity index (χ2n) is 6.37. The lowest BCUT2D eigenvalue weighted by Crippen LogP contribution is -2.43. The van der Waals surface area contributed by atoms with E-state index in [0.29, 0.717) is 40.3 Å². The van der Waals surface area contributed by atoms with E-state index in [4.69, 9.17) is 20.9 Å². The number of carbonyl (C=O) groups excluding carboxylic acids is 2. The summed E-state index contributed by atoms with van der Waals surface area (Å²) in [6, 6.07) is 6.76. The zero-order chi connectivity index (χ0) is 20.5. The largest absolute Gasteiger partial charge is 0.482 e. The Balaban J connectivity index is 1.51. The van der Waals surface area contributed by atoms with Crippen LogP contribution < -0.4 is 15.0 Å². The molecular weight excluding hydrogens is 416 g/mol. The minimum Gasteiger partial charge on any atom is -0.482 e. The van der Waals surface area contributed by atoms with Crippen molar-refractivity contribution >= 4 is 46.1 Å². The number of carbonyl (C=O) groups is 2. The van der Waals surface area contributed by atoms with Crippen LogP contribution in [0.1, 0.15) is 17.7 Å². The van der Waals surface area contributed by atoms with E-state index in [1.165, 1.54) is 16.2 Å². The first-order chi connectivity index (χ1) is 13.9. The number of aryl methyl sites for hydroxylation is 2. The molecule has 1 aromatic carbocycles. The molecular formula is C19H17ClN4O4S. The molecule has 0 bridgehead atoms. The number of nitrogens with zero attached hydrogens (tertiary/aromatic N) is 3. The molecule has 150 valence electrons. The van der Waals surface area contributed by atoms with Crippen LogP contribution in [0, 0.1) is 6.92 Å². The topological polar surface area (TPSA) is 97.6 Å². The van der Waals surface area contributed by atoms with E-state index in [1.807, 2.05) is 13.8 Å². The summed E-state index contributed by atoms with van der Waals surface area (Å²) in [5, 5.41) is 7.27. The lowest BCUT2D eigenvalue weighted by molar-refractivity contribution is -0.123. The van der Waals surface area contributed by atoms with E-state index < -0.39 is 0 Å². The Hall–Kier alpha value is -2.91. The van der Waals surface area contributed by atoms with Gasteiger partial charge in [0.2, 0.25) is 17.6 Å². The van der Waals surface area contributed by atoms with Crippen molar-refractivity contribution in [2.24, 2.45) is 0 Å². The lowest BCUT2D eigenvalue weighted by atomic mass is 10.2. The number of anilines is 2. The average molecular weight is 433 g/mol. The number of aromatic nitrogens is 2. The summed E-state index contributed by atoms with van der Waals surface area (Å²) in [5.74, 6) is 0.916. The Morgan fingerprint density at radius 2 is 2.21 bits per heavy atom. The van der Waals surface area contributed by atoms with E-state index in [-0.39, 0.29) is 25.0 Å². The van der Waals surface area contributed by atoms with Gasteiger partial charge in [-0.1, -0.05) is 23.7 Å². The second kappa shape index (κ2) is 7.84. The molecule has 0 saturated carbocycles. The quantitative estimate of drug-likeness (QED) is 0.660. The zero-order valence-electron chi connectivity index (χ0n) is 15.7. The first kappa shape index (κ1) is 19.4. The van der Waals surface area contributed by atoms with E-state index in [0.717, 1.165) is 9.75 Å². The molecule has 0 spiro atoms. The van der Waals surface area contributed by atoms with Crippen LogP contribution in [0.3, 0.4) is 0 Å². The lowest BCUT2D eigenvalue weighted by Gasteiger charge is -2.29. The van der Waals surface area contributed by atoms with Crippen LogP contribution in [0.4, 0.5) is 11.4 Å². The highest BCUT2D eigenvalue weighted by Gasteiger charge is 2.28. The Labute approximate surface area is 175 Å². The predicted octanol–water partition coefficient (Wildman–Crippen LogP) is 3.69. The normalized spacial score (nSPS) is 13.2. The van der Waals surface area contributed by atoms with Crippen LogP contribution in [0.5, 0.6) is 5.75 Å². The maximum atomic E-state index is 12.6. The summed E-state index contributed by atoms with van der Waals surface area (Å²) in [6.07, 6.45) is 0.653. The highest BCUT2D eigenvalue weighted by Crippen LogP contribution is 2.35. The first-order valence-electron chi connectivity index (χ1n) is 8.90. The van der Waals surface area contributed by atoms with Gasteiger partial charge in [0.05, 0.1) is 16.3 Å². The van der Waals surface area contributed by atoms with E-state index >= 15 is 0 Å². The smallest absolute Gasteiger partial charge is 0.265 e. The molecule has 0 unspecified atom stereocenters. The van der Waals surface area contributed by atoms with Crippen molar-refractivity contribution in [3.05, 3.63) is 40.1 Å². The maximum Gasteiger partial charge on any atom is 0.265 e. The van der Waals surface area contributed by atoms with Crippen molar-refractivity contribution in [1.82, 2.24) is 10.1 Å². The van der Waals surface area contributed by atoms with Gasteiger partial charge in [-0.15, -0.1) is 11.3 Å². The van der Waals surface area contributed by atoms with Crippen molar-refractivity contribution in [2.45, 2.75) is 20.3 Å². The number of halogens is 1. The molecule has 8 nitrogen and oxygen atoms in total. The highest BCUT2D eigenvalue weighted by molar-refractivity contribution is 7.16. The number of nitrogens with one attached hydrogen (secondary N) is 1. The number of hydrogen-bond acceptors (Lipinski definition) is 7. The highest BCUT2D eigenvalue weighted by atomic mass is 35.5. The van der Waals surface area contributed by atoms with E-state index in [1.54, 1.807) is 24.3 Å². The number of rotatable bonds is 5. The van der Waals surface area contributed by atoms with Crippen LogP contribution in [0.15, 0.2) is 28.8 Å². The van der Waals surface area contributed by atoms with Crippen molar-refractivity contribution in [3.63, 3.8) is 0 Å². The Kier molecular flexibility index (Phi) is 5.25. The van der Waals surface area contributed by atoms with Crippen LogP contribution in [0.2, 0.25) is 5.02 Å². The number of amides is 2. The van der Waals surface area contributed by atoms with Gasteiger partial charge in [0, 0.05) is 16.3 Å². The standard InChI is InChI=1S/C19H17ClN4O4S/c1-3-17-22-19(23-28-17)15-7-12(10(2)29-15)21-16(25)8-24-13-6-11(20)4-5-14(13)27-9-18(24)26/h4-7H,3,8-9H2,1-2H3,(H,21,25). The van der Waals surface area contributed by atoms with Gasteiger partial charge in [-0.25, -0.2) is 0 Å². The molecule has 4 rings (SSSR count). The Morgan fingerprint density at radius 3 is 2.97 bits per heavy atom. The maximum absolute atomic E-state index is 12.6. The summed E-state index contributed by atoms with van der Waals surface area (Å²) in [5.41, 5.74) is 1.12. The van der Waals surface area contributed by atoms with Gasteiger partial charge in [0.1, 0.15) is 12.3 Å². The fourth-order valence-electron chi connectivity index (χ4n) is 2.90. The van der Waals surface area contributed by atoms with Gasteiger partial charge in [0.15, 0.2) is 6.61 Å². The average Bonchev–Trinajstić information content (AvgIpc) is 3.31. The number of ether oxygens (including phenoxy) is 1. The predicted molar refractivity (Wildman–Crippen MR) is 110 cm³/mol. The molecule has 0 fully saturated rings. The van der Waals surface area contributed by atoms with Crippen molar-refractivity contribution in [3.8, 4) is 16.5 Å². The fraction of sp³-hybridized carbons (Fsp3) is 0.263. The summed E-state index contributed by atoms with van der Waals surface area (Å²) in [7, 11) is 0. The summed E-state index contributed by atoms with van der Waals surface area (Å²) in [6.45, 7) is 3.55. The molecule has 1 aliphatic rings. The molecule has 2 aromatic heterocycles. The van der Waals surface area contributed by atoms with Crippen LogP contribution in [0.25, 0.3) is 10.7 Å². The molecule has 2 amide bonds. The molecule has 1 aliphatic heterocycles. The molecule has 3 heterocycles. The molecule has 0 aliphatic carbocycles. The fourth-order valence-corrected chi connectivity index (χ4v) is 3.96. The van der Waals surface area contributed by atoms with Gasteiger partial charge in [-0.2, -0.15) is 4.98 Å². The number of hydrogen-bond donors (Lipinski definition) is 1. The third kappa shape index (κ3) is 3.96. The van der Waals surface area contributed by atoms with Crippen molar-refractivity contribution in [2.75, 3.05) is 23.4 Å². The van der Waals surface area contributed by atoms with Crippen LogP contribution in [-0.4, -0.2) is 35.1 Å². The third-order valence-electron chi connectivity index (χ3n) is 4.35. The summed E-state index contributed by atoms with van der Waals surface area (Å²) >= 11 is 7.49. The summed E-state index contributed by atoms with van der Waals surface area (Å²) < 4.78 is 10.5. The van der Waals surface area contributed by atoms with Gasteiger partial charge in [-0.3, -0.25) is 14.5 Å². The number of benzene rings is 1. The van der Waals surface area contributed by atoms with Crippen molar-refractivity contribution < 1.29 is 18.8 Å². The minimum absolute atomic E-state index is 0.124. The minimum atomic E-state index is -0.332. The molecule has 0 atom stereocenters. The van der Waals surface area contributed by atoms with Crippen LogP contribution in [-0.2, 0) is 16.0 Å². The molecule has 3 aromatic rings. The second-order valence-corrected chi connectivity index (χ2v) is 8.07. The molecule has 1 N–H and O–H groups in total. The summed E-state index contributed by atoms with van der Waals surface area (Å²) in [4.78, 5) is 32.3. The third-order valence-corrected chi connectivity index (χ3v) is 5.63. The van der Waals surface area contributed by atoms with E-state index in [2.05, 4.69) is 15.5 Å². The molecule has 0 radical (unpaired) electrons. The molecule has 0 saturated heterocycles. The van der Waals surface area contributed by atoms with Crippen molar-refractivity contribution in [1.29, 1.82) is 0 Å². The monoisotopic (exact) mass is 432 g/mol. The number of fused-ring (bicyclic) bond motifs is 1. The molecule has 10 heteroatoms. The number of thiophene rings is 1.